The molecule has 0 saturated carbocycles. The van der Waals surface area contributed by atoms with Crippen molar-refractivity contribution in [2.24, 2.45) is 5.92 Å². The Bertz CT molecular complexity index is 1100. The molecule has 8 heteroatoms. The van der Waals surface area contributed by atoms with Crippen molar-refractivity contribution in [1.29, 1.82) is 0 Å². The number of methoxy groups -OCH3 is 1. The predicted molar refractivity (Wildman–Crippen MR) is 132 cm³/mol. The quantitative estimate of drug-likeness (QED) is 0.613. The maximum absolute atomic E-state index is 13.4. The van der Waals surface area contributed by atoms with E-state index in [2.05, 4.69) is 4.90 Å². The van der Waals surface area contributed by atoms with Crippen LogP contribution in [0, 0.1) is 5.92 Å². The zero-order valence-corrected chi connectivity index (χ0v) is 20.2. The molecule has 178 valence electrons. The highest BCUT2D eigenvalue weighted by Gasteiger charge is 2.39. The number of benzene rings is 2. The third kappa shape index (κ3) is 4.27. The van der Waals surface area contributed by atoms with E-state index in [9.17, 15) is 14.4 Å². The largest absolute Gasteiger partial charge is 0.497 e. The van der Waals surface area contributed by atoms with Gasteiger partial charge in [-0.3, -0.25) is 19.3 Å². The molecule has 0 aromatic heterocycles. The Labute approximate surface area is 204 Å². The second kappa shape index (κ2) is 9.70. The number of ether oxygens (including phenoxy) is 1. The molecule has 2 fully saturated rings. The number of nitrogens with zero attached hydrogens (tertiary/aromatic N) is 3. The molecule has 3 heterocycles. The van der Waals surface area contributed by atoms with Crippen LogP contribution in [0.25, 0.3) is 0 Å². The van der Waals surface area contributed by atoms with E-state index in [0.717, 1.165) is 61.0 Å². The summed E-state index contributed by atoms with van der Waals surface area (Å²) in [6, 6.07) is 12.8. The van der Waals surface area contributed by atoms with Gasteiger partial charge in [-0.25, -0.2) is 0 Å². The number of amides is 3. The average molecular weight is 480 g/mol. The predicted octanol–water partition coefficient (Wildman–Crippen LogP) is 3.28. The van der Waals surface area contributed by atoms with Gasteiger partial charge in [0, 0.05) is 37.7 Å². The zero-order valence-electron chi connectivity index (χ0n) is 19.4. The number of hydrogen-bond donors (Lipinski definition) is 0. The van der Waals surface area contributed by atoms with Crippen LogP contribution in [-0.2, 0) is 11.3 Å². The minimum atomic E-state index is -0.270. The van der Waals surface area contributed by atoms with Crippen molar-refractivity contribution in [2.45, 2.75) is 19.4 Å². The molecule has 0 spiro atoms. The molecular formula is C26H29N3O4S. The van der Waals surface area contributed by atoms with Gasteiger partial charge in [-0.2, -0.15) is 11.8 Å². The summed E-state index contributed by atoms with van der Waals surface area (Å²) in [4.78, 5) is 45.2. The zero-order chi connectivity index (χ0) is 23.7. The van der Waals surface area contributed by atoms with Gasteiger partial charge in [-0.1, -0.05) is 18.2 Å². The van der Waals surface area contributed by atoms with Gasteiger partial charge >= 0.3 is 0 Å². The molecule has 2 aromatic carbocycles. The van der Waals surface area contributed by atoms with Crippen molar-refractivity contribution in [1.82, 2.24) is 9.80 Å². The third-order valence-corrected chi connectivity index (χ3v) is 7.85. The second-order valence-electron chi connectivity index (χ2n) is 8.97. The van der Waals surface area contributed by atoms with Crippen LogP contribution in [-0.4, -0.2) is 72.3 Å². The molecule has 7 nitrogen and oxygen atoms in total. The molecule has 0 aliphatic carbocycles. The second-order valence-corrected chi connectivity index (χ2v) is 10.2. The van der Waals surface area contributed by atoms with Gasteiger partial charge in [0.05, 0.1) is 36.4 Å². The fourth-order valence-electron chi connectivity index (χ4n) is 5.08. The van der Waals surface area contributed by atoms with E-state index in [1.54, 1.807) is 13.2 Å². The number of piperidine rings is 1. The first-order valence-corrected chi connectivity index (χ1v) is 13.0. The summed E-state index contributed by atoms with van der Waals surface area (Å²) in [6.45, 7) is 3.20. The van der Waals surface area contributed by atoms with Crippen LogP contribution >= 0.6 is 11.8 Å². The molecule has 1 atom stereocenters. The van der Waals surface area contributed by atoms with Crippen LogP contribution < -0.4 is 9.64 Å². The highest BCUT2D eigenvalue weighted by molar-refractivity contribution is 7.99. The number of anilines is 1. The SMILES string of the molecule is COc1ccc(CN2C(=O)c3cccc(N4CCCC(C(=O)N5CCSCC5)C4)c3C2=O)cc1. The molecule has 0 radical (unpaired) electrons. The molecule has 34 heavy (non-hydrogen) atoms. The van der Waals surface area contributed by atoms with Crippen molar-refractivity contribution in [2.75, 3.05) is 49.7 Å². The normalized spacial score (nSPS) is 20.5. The van der Waals surface area contributed by atoms with Crippen LogP contribution in [0.3, 0.4) is 0 Å². The van der Waals surface area contributed by atoms with Gasteiger partial charge in [-0.15, -0.1) is 0 Å². The van der Waals surface area contributed by atoms with E-state index in [-0.39, 0.29) is 30.2 Å². The van der Waals surface area contributed by atoms with Crippen LogP contribution in [0.2, 0.25) is 0 Å². The number of rotatable bonds is 5. The molecule has 3 aliphatic rings. The highest BCUT2D eigenvalue weighted by Crippen LogP contribution is 2.35. The van der Waals surface area contributed by atoms with Crippen LogP contribution in [0.5, 0.6) is 5.75 Å². The Morgan fingerprint density at radius 1 is 1.03 bits per heavy atom. The number of carbonyl (C=O) groups is 3. The van der Waals surface area contributed by atoms with Gasteiger partial charge < -0.3 is 14.5 Å². The number of thioether (sulfide) groups is 1. The van der Waals surface area contributed by atoms with Gasteiger partial charge in [0.15, 0.2) is 0 Å². The minimum absolute atomic E-state index is 0.0738. The van der Waals surface area contributed by atoms with E-state index in [4.69, 9.17) is 4.74 Å². The van der Waals surface area contributed by atoms with Crippen molar-refractivity contribution >= 4 is 35.2 Å². The fourth-order valence-corrected chi connectivity index (χ4v) is 5.98. The van der Waals surface area contributed by atoms with E-state index in [1.807, 2.05) is 53.1 Å². The lowest BCUT2D eigenvalue weighted by Crippen LogP contribution is -2.47. The Kier molecular flexibility index (Phi) is 6.50. The monoisotopic (exact) mass is 479 g/mol. The molecule has 1 unspecified atom stereocenters. The van der Waals surface area contributed by atoms with Gasteiger partial charge in [0.1, 0.15) is 5.75 Å². The van der Waals surface area contributed by atoms with Gasteiger partial charge in [-0.05, 0) is 42.7 Å². The average Bonchev–Trinajstić information content (AvgIpc) is 3.14. The maximum Gasteiger partial charge on any atom is 0.263 e. The molecule has 3 amide bonds. The summed E-state index contributed by atoms with van der Waals surface area (Å²) in [5.41, 5.74) is 2.53. The Morgan fingerprint density at radius 3 is 2.53 bits per heavy atom. The number of fused-ring (bicyclic) bond motifs is 1. The molecule has 3 aliphatic heterocycles. The first kappa shape index (κ1) is 22.8. The van der Waals surface area contributed by atoms with Crippen LogP contribution in [0.4, 0.5) is 5.69 Å². The molecular weight excluding hydrogens is 450 g/mol. The summed E-state index contributed by atoms with van der Waals surface area (Å²) in [7, 11) is 1.60. The summed E-state index contributed by atoms with van der Waals surface area (Å²) in [5, 5.41) is 0. The minimum Gasteiger partial charge on any atom is -0.497 e. The molecule has 5 rings (SSSR count). The lowest BCUT2D eigenvalue weighted by atomic mass is 9.94. The topological polar surface area (TPSA) is 70.2 Å². The first-order chi connectivity index (χ1) is 16.6. The summed E-state index contributed by atoms with van der Waals surface area (Å²) in [6.07, 6.45) is 1.75. The first-order valence-electron chi connectivity index (χ1n) is 11.8. The van der Waals surface area contributed by atoms with Crippen molar-refractivity contribution in [3.05, 3.63) is 59.2 Å². The Balaban J connectivity index is 1.36. The summed E-state index contributed by atoms with van der Waals surface area (Å²) in [5.74, 6) is 2.33. The lowest BCUT2D eigenvalue weighted by molar-refractivity contribution is -0.135. The molecule has 2 saturated heterocycles. The van der Waals surface area contributed by atoms with E-state index in [1.165, 1.54) is 4.90 Å². The van der Waals surface area contributed by atoms with Crippen LogP contribution in [0.1, 0.15) is 39.1 Å². The lowest BCUT2D eigenvalue weighted by Gasteiger charge is -2.37. The standard InChI is InChI=1S/C26H29N3O4S/c1-33-20-9-7-18(8-10-20)16-29-25(31)21-5-2-6-22(23(21)26(29)32)28-11-3-4-19(17-28)24(30)27-12-14-34-15-13-27/h2,5-10,19H,3-4,11-17H2,1H3. The highest BCUT2D eigenvalue weighted by atomic mass is 32.2. The summed E-state index contributed by atoms with van der Waals surface area (Å²) >= 11 is 1.89. The maximum atomic E-state index is 13.4. The molecule has 0 bridgehead atoms. The van der Waals surface area contributed by atoms with Gasteiger partial charge in [0.25, 0.3) is 11.8 Å². The number of imide groups is 1. The van der Waals surface area contributed by atoms with E-state index in [0.29, 0.717) is 17.7 Å². The van der Waals surface area contributed by atoms with Gasteiger partial charge in [0.2, 0.25) is 5.91 Å². The smallest absolute Gasteiger partial charge is 0.263 e. The summed E-state index contributed by atoms with van der Waals surface area (Å²) < 4.78 is 5.20. The van der Waals surface area contributed by atoms with Crippen molar-refractivity contribution in [3.8, 4) is 5.75 Å². The third-order valence-electron chi connectivity index (χ3n) is 6.91. The number of hydrogen-bond acceptors (Lipinski definition) is 6. The van der Waals surface area contributed by atoms with Crippen molar-refractivity contribution in [3.63, 3.8) is 0 Å². The Morgan fingerprint density at radius 2 is 1.79 bits per heavy atom. The fraction of sp³-hybridized carbons (Fsp3) is 0.423. The Hall–Kier alpha value is -3.00. The van der Waals surface area contributed by atoms with E-state index >= 15 is 0 Å². The van der Waals surface area contributed by atoms with Crippen LogP contribution in [0.15, 0.2) is 42.5 Å². The number of carbonyl (C=O) groups excluding carboxylic acids is 3. The van der Waals surface area contributed by atoms with E-state index < -0.39 is 0 Å². The molecule has 2 aromatic rings. The van der Waals surface area contributed by atoms with Crippen molar-refractivity contribution < 1.29 is 19.1 Å². The molecule has 0 N–H and O–H groups in total.